The number of amides is 2. The van der Waals surface area contributed by atoms with E-state index in [-0.39, 0.29) is 23.3 Å². The molecule has 10 heteroatoms. The molecule has 3 aromatic rings. The van der Waals surface area contributed by atoms with Gasteiger partial charge in [0.2, 0.25) is 21.8 Å². The van der Waals surface area contributed by atoms with Crippen LogP contribution in [0.4, 0.5) is 11.4 Å². The van der Waals surface area contributed by atoms with E-state index in [1.54, 1.807) is 20.2 Å². The van der Waals surface area contributed by atoms with Crippen molar-refractivity contribution in [3.05, 3.63) is 89.5 Å². The normalized spacial score (nSPS) is 17.7. The molecule has 1 atom stereocenters. The Kier molecular flexibility index (Phi) is 8.63. The third-order valence-corrected chi connectivity index (χ3v) is 8.86. The maximum atomic E-state index is 13.3. The number of carbonyl (C=O) groups excluding carboxylic acids is 2. The Hall–Kier alpha value is -3.86. The van der Waals surface area contributed by atoms with Gasteiger partial charge in [0.25, 0.3) is 0 Å². The van der Waals surface area contributed by atoms with E-state index in [1.165, 1.54) is 41.9 Å². The Morgan fingerprint density at radius 2 is 1.71 bits per heavy atom. The number of hydrogen-bond donors (Lipinski definition) is 2. The van der Waals surface area contributed by atoms with Gasteiger partial charge >= 0.3 is 0 Å². The summed E-state index contributed by atoms with van der Waals surface area (Å²) in [6, 6.07) is 22.0. The molecule has 214 valence electrons. The molecule has 1 unspecified atom stereocenters. The molecule has 2 heterocycles. The average molecular weight is 574 g/mol. The van der Waals surface area contributed by atoms with Crippen molar-refractivity contribution in [2.75, 3.05) is 39.0 Å². The number of fused-ring (bicyclic) bond motifs is 1. The number of rotatable bonds is 9. The molecular formula is C31H35N5O4S. The highest BCUT2D eigenvalue weighted by molar-refractivity contribution is 7.89. The van der Waals surface area contributed by atoms with Crippen LogP contribution in [0.2, 0.25) is 0 Å². The number of hydrogen-bond acceptors (Lipinski definition) is 6. The van der Waals surface area contributed by atoms with Gasteiger partial charge in [-0.3, -0.25) is 19.5 Å². The van der Waals surface area contributed by atoms with Crippen LogP contribution < -0.4 is 10.0 Å². The fourth-order valence-electron chi connectivity index (χ4n) is 5.17. The number of carbonyl (C=O) groups is 2. The topological polar surface area (TPSA) is 111 Å². The van der Waals surface area contributed by atoms with Crippen LogP contribution in [0.3, 0.4) is 0 Å². The zero-order valence-corrected chi connectivity index (χ0v) is 24.2. The van der Waals surface area contributed by atoms with Gasteiger partial charge in [-0.1, -0.05) is 48.9 Å². The van der Waals surface area contributed by atoms with Crippen LogP contribution in [0.1, 0.15) is 41.9 Å². The van der Waals surface area contributed by atoms with Crippen LogP contribution in [-0.4, -0.2) is 69.5 Å². The van der Waals surface area contributed by atoms with E-state index in [2.05, 4.69) is 27.1 Å². The molecule has 9 nitrogen and oxygen atoms in total. The Morgan fingerprint density at radius 3 is 2.39 bits per heavy atom. The Morgan fingerprint density at radius 1 is 1.00 bits per heavy atom. The summed E-state index contributed by atoms with van der Waals surface area (Å²) in [5.41, 5.74) is 4.26. The maximum absolute atomic E-state index is 13.3. The van der Waals surface area contributed by atoms with E-state index in [9.17, 15) is 18.0 Å². The second kappa shape index (κ2) is 12.3. The molecule has 0 saturated carbocycles. The summed E-state index contributed by atoms with van der Waals surface area (Å²) >= 11 is 0. The SMILES string of the molecule is CN(C)C(=O)CNS(=O)(=O)c1ccc2c(c1)C(C(=Nc1ccc(CN3CCCCC3)cc1)c1ccccc1)C(=O)N2. The minimum Gasteiger partial charge on any atom is -0.348 e. The van der Waals surface area contributed by atoms with Crippen LogP contribution in [0.25, 0.3) is 0 Å². The average Bonchev–Trinajstić information content (AvgIpc) is 3.31. The zero-order chi connectivity index (χ0) is 29.0. The van der Waals surface area contributed by atoms with Gasteiger partial charge in [0.1, 0.15) is 5.92 Å². The molecule has 2 N–H and O–H groups in total. The second-order valence-electron chi connectivity index (χ2n) is 10.7. The number of nitrogens with one attached hydrogen (secondary N) is 2. The van der Waals surface area contributed by atoms with Crippen LogP contribution in [0, 0.1) is 0 Å². The van der Waals surface area contributed by atoms with Gasteiger partial charge in [0, 0.05) is 26.3 Å². The zero-order valence-electron chi connectivity index (χ0n) is 23.3. The Labute approximate surface area is 241 Å². The van der Waals surface area contributed by atoms with E-state index >= 15 is 0 Å². The van der Waals surface area contributed by atoms with Gasteiger partial charge < -0.3 is 10.2 Å². The predicted octanol–water partition coefficient (Wildman–Crippen LogP) is 3.90. The first-order valence-corrected chi connectivity index (χ1v) is 15.3. The molecule has 2 amide bonds. The summed E-state index contributed by atoms with van der Waals surface area (Å²) < 4.78 is 28.4. The van der Waals surface area contributed by atoms with E-state index < -0.39 is 15.9 Å². The predicted molar refractivity (Wildman–Crippen MR) is 160 cm³/mol. The molecule has 0 spiro atoms. The fraction of sp³-hybridized carbons (Fsp3) is 0.323. The monoisotopic (exact) mass is 573 g/mol. The highest BCUT2D eigenvalue weighted by atomic mass is 32.2. The highest BCUT2D eigenvalue weighted by Gasteiger charge is 2.36. The minimum absolute atomic E-state index is 0.0289. The number of benzene rings is 3. The number of aliphatic imine (C=N–C) groups is 1. The maximum Gasteiger partial charge on any atom is 0.241 e. The third-order valence-electron chi connectivity index (χ3n) is 7.46. The molecule has 5 rings (SSSR count). The lowest BCUT2D eigenvalue weighted by Gasteiger charge is -2.26. The summed E-state index contributed by atoms with van der Waals surface area (Å²) in [6.45, 7) is 2.78. The number of sulfonamides is 1. The number of likely N-dealkylation sites (N-methyl/N-ethyl adjacent to an activating group) is 1. The van der Waals surface area contributed by atoms with Crippen molar-refractivity contribution in [2.45, 2.75) is 36.6 Å². The summed E-state index contributed by atoms with van der Waals surface area (Å²) in [5, 5.41) is 2.88. The number of piperidine rings is 1. The number of nitrogens with zero attached hydrogens (tertiary/aromatic N) is 3. The molecule has 0 radical (unpaired) electrons. The standard InChI is InChI=1S/C31H35N5O4S/c1-35(2)28(37)20-32-41(39,40)25-15-16-27-26(19-25)29(31(38)34-27)30(23-9-5-3-6-10-23)33-24-13-11-22(12-14-24)21-36-17-7-4-8-18-36/h3,5-6,9-16,19,29,32H,4,7-8,17-18,20-21H2,1-2H3,(H,34,38). The second-order valence-corrected chi connectivity index (χ2v) is 12.4. The van der Waals surface area contributed by atoms with Gasteiger partial charge in [-0.25, -0.2) is 13.1 Å². The first-order chi connectivity index (χ1) is 19.7. The highest BCUT2D eigenvalue weighted by Crippen LogP contribution is 2.37. The van der Waals surface area contributed by atoms with E-state index in [0.717, 1.165) is 25.2 Å². The van der Waals surface area contributed by atoms with Gasteiger partial charge in [0.15, 0.2) is 0 Å². The lowest BCUT2D eigenvalue weighted by Crippen LogP contribution is -2.36. The summed E-state index contributed by atoms with van der Waals surface area (Å²) in [4.78, 5) is 34.0. The largest absolute Gasteiger partial charge is 0.348 e. The van der Waals surface area contributed by atoms with E-state index in [1.807, 2.05) is 42.5 Å². The lowest BCUT2D eigenvalue weighted by atomic mass is 9.90. The molecule has 3 aromatic carbocycles. The van der Waals surface area contributed by atoms with Gasteiger partial charge in [-0.15, -0.1) is 0 Å². The van der Waals surface area contributed by atoms with Gasteiger partial charge in [-0.2, -0.15) is 0 Å². The number of anilines is 1. The Bertz CT molecular complexity index is 1550. The first kappa shape index (κ1) is 28.7. The van der Waals surface area contributed by atoms with Crippen LogP contribution >= 0.6 is 0 Å². The fourth-order valence-corrected chi connectivity index (χ4v) is 6.18. The molecule has 41 heavy (non-hydrogen) atoms. The number of likely N-dealkylation sites (tertiary alicyclic amines) is 1. The summed E-state index contributed by atoms with van der Waals surface area (Å²) in [6.07, 6.45) is 3.77. The molecule has 1 fully saturated rings. The minimum atomic E-state index is -4.00. The third kappa shape index (κ3) is 6.73. The van der Waals surface area contributed by atoms with E-state index in [0.29, 0.717) is 22.6 Å². The van der Waals surface area contributed by atoms with Gasteiger partial charge in [0.05, 0.1) is 22.8 Å². The molecule has 0 bridgehead atoms. The van der Waals surface area contributed by atoms with Gasteiger partial charge in [-0.05, 0) is 73.0 Å². The van der Waals surface area contributed by atoms with Crippen molar-refractivity contribution in [3.63, 3.8) is 0 Å². The quantitative estimate of drug-likeness (QED) is 0.378. The Balaban J connectivity index is 1.47. The summed E-state index contributed by atoms with van der Waals surface area (Å²) in [7, 11) is -0.886. The van der Waals surface area contributed by atoms with Crippen molar-refractivity contribution in [2.24, 2.45) is 4.99 Å². The van der Waals surface area contributed by atoms with Crippen molar-refractivity contribution in [1.29, 1.82) is 0 Å². The lowest BCUT2D eigenvalue weighted by molar-refractivity contribution is -0.127. The molecule has 1 saturated heterocycles. The molecule has 2 aliphatic rings. The molecule has 2 aliphatic heterocycles. The van der Waals surface area contributed by atoms with Crippen molar-refractivity contribution >= 4 is 38.9 Å². The van der Waals surface area contributed by atoms with Crippen molar-refractivity contribution in [3.8, 4) is 0 Å². The van der Waals surface area contributed by atoms with Crippen molar-refractivity contribution in [1.82, 2.24) is 14.5 Å². The molecule has 0 aromatic heterocycles. The van der Waals surface area contributed by atoms with Crippen LogP contribution in [0.15, 0.2) is 82.7 Å². The van der Waals surface area contributed by atoms with Crippen molar-refractivity contribution < 1.29 is 18.0 Å². The van der Waals surface area contributed by atoms with Crippen LogP contribution in [-0.2, 0) is 26.2 Å². The van der Waals surface area contributed by atoms with E-state index in [4.69, 9.17) is 4.99 Å². The first-order valence-electron chi connectivity index (χ1n) is 13.8. The smallest absolute Gasteiger partial charge is 0.241 e. The summed E-state index contributed by atoms with van der Waals surface area (Å²) in [5.74, 6) is -1.47. The molecular weight excluding hydrogens is 538 g/mol. The molecule has 0 aliphatic carbocycles. The van der Waals surface area contributed by atoms with Crippen LogP contribution in [0.5, 0.6) is 0 Å².